The molecule has 6 heteroatoms. The molecule has 0 amide bonds. The molecular formula is C17H26IN3O2. The summed E-state index contributed by atoms with van der Waals surface area (Å²) in [6.45, 7) is 4.89. The minimum Gasteiger partial charge on any atom is -0.454 e. The predicted molar refractivity (Wildman–Crippen MR) is 103 cm³/mol. The number of ether oxygens (including phenoxy) is 2. The van der Waals surface area contributed by atoms with E-state index in [1.165, 1.54) is 25.7 Å². The monoisotopic (exact) mass is 431 g/mol. The summed E-state index contributed by atoms with van der Waals surface area (Å²) in [5.41, 5.74) is 1.12. The first-order chi connectivity index (χ1) is 10.8. The maximum atomic E-state index is 5.40. The minimum absolute atomic E-state index is 0. The zero-order chi connectivity index (χ0) is 15.2. The summed E-state index contributed by atoms with van der Waals surface area (Å²) in [7, 11) is 0. The molecule has 1 aromatic rings. The van der Waals surface area contributed by atoms with Crippen LogP contribution in [0.4, 0.5) is 0 Å². The van der Waals surface area contributed by atoms with E-state index in [1.54, 1.807) is 0 Å². The van der Waals surface area contributed by atoms with Crippen molar-refractivity contribution < 1.29 is 9.47 Å². The zero-order valence-corrected chi connectivity index (χ0v) is 16.0. The molecule has 1 heterocycles. The summed E-state index contributed by atoms with van der Waals surface area (Å²) >= 11 is 0. The maximum absolute atomic E-state index is 5.40. The van der Waals surface area contributed by atoms with Crippen molar-refractivity contribution in [1.29, 1.82) is 0 Å². The molecule has 128 valence electrons. The lowest BCUT2D eigenvalue weighted by Gasteiger charge is -2.11. The zero-order valence-electron chi connectivity index (χ0n) is 13.6. The number of fused-ring (bicyclic) bond motifs is 1. The quantitative estimate of drug-likeness (QED) is 0.301. The molecule has 1 aliphatic heterocycles. The largest absolute Gasteiger partial charge is 0.454 e. The van der Waals surface area contributed by atoms with E-state index in [1.807, 2.05) is 18.2 Å². The molecule has 5 nitrogen and oxygen atoms in total. The van der Waals surface area contributed by atoms with Crippen LogP contribution in [0.3, 0.4) is 0 Å². The Balaban J connectivity index is 0.00000192. The van der Waals surface area contributed by atoms with Gasteiger partial charge in [-0.2, -0.15) is 0 Å². The number of halogens is 1. The molecule has 0 aromatic heterocycles. The highest BCUT2D eigenvalue weighted by Crippen LogP contribution is 2.33. The van der Waals surface area contributed by atoms with E-state index in [9.17, 15) is 0 Å². The summed E-state index contributed by atoms with van der Waals surface area (Å²) in [6, 6.07) is 5.99. The van der Waals surface area contributed by atoms with Gasteiger partial charge in [0, 0.05) is 13.1 Å². The Morgan fingerprint density at radius 3 is 2.83 bits per heavy atom. The highest BCUT2D eigenvalue weighted by Gasteiger charge is 2.20. The van der Waals surface area contributed by atoms with E-state index in [0.717, 1.165) is 42.0 Å². The minimum atomic E-state index is 0. The van der Waals surface area contributed by atoms with Gasteiger partial charge in [0.25, 0.3) is 0 Å². The Morgan fingerprint density at radius 2 is 2.04 bits per heavy atom. The number of aliphatic imine (C=N–C) groups is 1. The molecule has 2 N–H and O–H groups in total. The third kappa shape index (κ3) is 5.75. The van der Waals surface area contributed by atoms with Crippen LogP contribution in [0, 0.1) is 5.92 Å². The standard InChI is InChI=1S/C17H25N3O2.HI/c1-2-18-17(19-9-3-4-13-5-6-13)20-11-14-7-8-15-16(10-14)22-12-21-15;/h7-8,10,13H,2-6,9,11-12H2,1H3,(H2,18,19,20);1H. The van der Waals surface area contributed by atoms with Crippen LogP contribution in [0.1, 0.15) is 38.2 Å². The average Bonchev–Trinajstić information content (AvgIpc) is 3.24. The van der Waals surface area contributed by atoms with Crippen LogP contribution in [0.25, 0.3) is 0 Å². The van der Waals surface area contributed by atoms with Crippen LogP contribution in [-0.2, 0) is 6.54 Å². The van der Waals surface area contributed by atoms with Crippen LogP contribution >= 0.6 is 24.0 Å². The summed E-state index contributed by atoms with van der Waals surface area (Å²) < 4.78 is 10.7. The second kappa shape index (κ2) is 9.20. The van der Waals surface area contributed by atoms with Crippen molar-refractivity contribution in [2.24, 2.45) is 10.9 Å². The van der Waals surface area contributed by atoms with Gasteiger partial charge in [0.05, 0.1) is 6.54 Å². The van der Waals surface area contributed by atoms with Crippen molar-refractivity contribution in [2.45, 2.75) is 39.2 Å². The third-order valence-electron chi connectivity index (χ3n) is 3.98. The van der Waals surface area contributed by atoms with Crippen LogP contribution in [0.5, 0.6) is 11.5 Å². The van der Waals surface area contributed by atoms with Crippen molar-refractivity contribution in [1.82, 2.24) is 10.6 Å². The van der Waals surface area contributed by atoms with Gasteiger partial charge in [-0.15, -0.1) is 24.0 Å². The Hall–Kier alpha value is -1.18. The van der Waals surface area contributed by atoms with Gasteiger partial charge in [0.1, 0.15) is 0 Å². The predicted octanol–water partition coefficient (Wildman–Crippen LogP) is 3.28. The lowest BCUT2D eigenvalue weighted by molar-refractivity contribution is 0.174. The molecule has 2 aliphatic rings. The van der Waals surface area contributed by atoms with Crippen LogP contribution in [0.2, 0.25) is 0 Å². The number of guanidine groups is 1. The fourth-order valence-electron chi connectivity index (χ4n) is 2.56. The fourth-order valence-corrected chi connectivity index (χ4v) is 2.56. The topological polar surface area (TPSA) is 54.9 Å². The second-order valence-corrected chi connectivity index (χ2v) is 5.90. The molecule has 23 heavy (non-hydrogen) atoms. The van der Waals surface area contributed by atoms with Crippen molar-refractivity contribution in [3.05, 3.63) is 23.8 Å². The number of benzene rings is 1. The van der Waals surface area contributed by atoms with E-state index in [-0.39, 0.29) is 24.0 Å². The number of nitrogens with zero attached hydrogens (tertiary/aromatic N) is 1. The van der Waals surface area contributed by atoms with Gasteiger partial charge in [-0.3, -0.25) is 0 Å². The van der Waals surface area contributed by atoms with Crippen molar-refractivity contribution in [2.75, 3.05) is 19.9 Å². The Morgan fingerprint density at radius 1 is 1.22 bits per heavy atom. The summed E-state index contributed by atoms with van der Waals surface area (Å²) in [6.07, 6.45) is 5.42. The molecule has 1 saturated carbocycles. The van der Waals surface area contributed by atoms with E-state index >= 15 is 0 Å². The molecule has 3 rings (SSSR count). The Kier molecular flexibility index (Phi) is 7.26. The van der Waals surface area contributed by atoms with E-state index in [2.05, 4.69) is 22.5 Å². The number of hydrogen-bond acceptors (Lipinski definition) is 3. The average molecular weight is 431 g/mol. The maximum Gasteiger partial charge on any atom is 0.231 e. The second-order valence-electron chi connectivity index (χ2n) is 5.90. The van der Waals surface area contributed by atoms with E-state index in [0.29, 0.717) is 13.3 Å². The van der Waals surface area contributed by atoms with Crippen molar-refractivity contribution in [3.8, 4) is 11.5 Å². The summed E-state index contributed by atoms with van der Waals surface area (Å²) in [5.74, 6) is 3.51. The fraction of sp³-hybridized carbons (Fsp3) is 0.588. The molecule has 0 bridgehead atoms. The van der Waals surface area contributed by atoms with Gasteiger partial charge in [-0.05, 0) is 43.4 Å². The van der Waals surface area contributed by atoms with E-state index < -0.39 is 0 Å². The molecule has 0 radical (unpaired) electrons. The van der Waals surface area contributed by atoms with Gasteiger partial charge < -0.3 is 20.1 Å². The first kappa shape index (κ1) is 18.2. The molecule has 0 spiro atoms. The number of rotatable bonds is 7. The number of nitrogens with one attached hydrogen (secondary N) is 2. The van der Waals surface area contributed by atoms with Crippen LogP contribution in [-0.4, -0.2) is 25.8 Å². The van der Waals surface area contributed by atoms with Gasteiger partial charge in [-0.1, -0.05) is 18.9 Å². The van der Waals surface area contributed by atoms with Gasteiger partial charge >= 0.3 is 0 Å². The normalized spacial score (nSPS) is 16.0. The van der Waals surface area contributed by atoms with Gasteiger partial charge in [0.2, 0.25) is 6.79 Å². The molecule has 0 saturated heterocycles. The summed E-state index contributed by atoms with van der Waals surface area (Å²) in [5, 5.41) is 6.70. The van der Waals surface area contributed by atoms with Gasteiger partial charge in [0.15, 0.2) is 17.5 Å². The Bertz CT molecular complexity index is 533. The van der Waals surface area contributed by atoms with E-state index in [4.69, 9.17) is 9.47 Å². The van der Waals surface area contributed by atoms with Crippen molar-refractivity contribution in [3.63, 3.8) is 0 Å². The SMILES string of the molecule is CCNC(=NCc1ccc2c(c1)OCO2)NCCCC1CC1.I. The molecule has 1 aliphatic carbocycles. The first-order valence-electron chi connectivity index (χ1n) is 8.26. The van der Waals surface area contributed by atoms with Crippen LogP contribution in [0.15, 0.2) is 23.2 Å². The molecule has 1 aromatic carbocycles. The highest BCUT2D eigenvalue weighted by molar-refractivity contribution is 14.0. The highest BCUT2D eigenvalue weighted by atomic mass is 127. The van der Waals surface area contributed by atoms with Crippen molar-refractivity contribution >= 4 is 29.9 Å². The first-order valence-corrected chi connectivity index (χ1v) is 8.26. The molecular weight excluding hydrogens is 405 g/mol. The third-order valence-corrected chi connectivity index (χ3v) is 3.98. The number of hydrogen-bond donors (Lipinski definition) is 2. The summed E-state index contributed by atoms with van der Waals surface area (Å²) in [4.78, 5) is 4.64. The molecule has 0 unspecified atom stereocenters. The lowest BCUT2D eigenvalue weighted by Crippen LogP contribution is -2.37. The van der Waals surface area contributed by atoms with Gasteiger partial charge in [-0.25, -0.2) is 4.99 Å². The lowest BCUT2D eigenvalue weighted by atomic mass is 10.2. The Labute approximate surface area is 155 Å². The molecule has 0 atom stereocenters. The van der Waals surface area contributed by atoms with Crippen LogP contribution < -0.4 is 20.1 Å². The smallest absolute Gasteiger partial charge is 0.231 e. The molecule has 1 fully saturated rings.